The maximum absolute atomic E-state index is 11.4. The average Bonchev–Trinajstić information content (AvgIpc) is 2.28. The number of nitrogens with zero attached hydrogens (tertiary/aromatic N) is 2. The van der Waals surface area contributed by atoms with E-state index >= 15 is 0 Å². The van der Waals surface area contributed by atoms with Gasteiger partial charge in [0, 0.05) is 26.2 Å². The summed E-state index contributed by atoms with van der Waals surface area (Å²) in [5.74, 6) is -0.829. The van der Waals surface area contributed by atoms with Crippen molar-refractivity contribution in [1.29, 1.82) is 0 Å². The lowest BCUT2D eigenvalue weighted by molar-refractivity contribution is -0.143. The molecule has 0 bridgehead atoms. The summed E-state index contributed by atoms with van der Waals surface area (Å²) < 4.78 is 4.88. The highest BCUT2D eigenvalue weighted by Crippen LogP contribution is 2.07. The van der Waals surface area contributed by atoms with Crippen molar-refractivity contribution in [1.82, 2.24) is 9.80 Å². The van der Waals surface area contributed by atoms with E-state index in [1.54, 1.807) is 18.7 Å². The second-order valence-corrected chi connectivity index (χ2v) is 3.74. The molecule has 92 valence electrons. The van der Waals surface area contributed by atoms with Crippen LogP contribution < -0.4 is 0 Å². The molecule has 6 heteroatoms. The van der Waals surface area contributed by atoms with Gasteiger partial charge in [-0.2, -0.15) is 0 Å². The number of aliphatic carboxylic acids is 1. The zero-order valence-electron chi connectivity index (χ0n) is 9.68. The fraction of sp³-hybridized carbons (Fsp3) is 0.800. The Balaban J connectivity index is 2.39. The van der Waals surface area contributed by atoms with Crippen LogP contribution in [0.1, 0.15) is 13.8 Å². The molecular weight excluding hydrogens is 212 g/mol. The monoisotopic (exact) mass is 230 g/mol. The predicted molar refractivity (Wildman–Crippen MR) is 57.3 cm³/mol. The van der Waals surface area contributed by atoms with Crippen LogP contribution in [0.25, 0.3) is 0 Å². The Labute approximate surface area is 94.8 Å². The fourth-order valence-electron chi connectivity index (χ4n) is 1.66. The number of carbonyl (C=O) groups is 2. The number of piperazine rings is 1. The van der Waals surface area contributed by atoms with Gasteiger partial charge < -0.3 is 14.7 Å². The second kappa shape index (κ2) is 5.69. The van der Waals surface area contributed by atoms with Crippen molar-refractivity contribution in [3.05, 3.63) is 0 Å². The molecule has 0 spiro atoms. The van der Waals surface area contributed by atoms with Crippen LogP contribution in [0.3, 0.4) is 0 Å². The van der Waals surface area contributed by atoms with Crippen molar-refractivity contribution in [3.8, 4) is 0 Å². The van der Waals surface area contributed by atoms with Crippen molar-refractivity contribution in [2.24, 2.45) is 0 Å². The lowest BCUT2D eigenvalue weighted by Crippen LogP contribution is -2.53. The van der Waals surface area contributed by atoms with E-state index in [-0.39, 0.29) is 6.09 Å². The predicted octanol–water partition coefficient (Wildman–Crippen LogP) is 0.234. The molecule has 1 atom stereocenters. The van der Waals surface area contributed by atoms with Crippen LogP contribution in [0.5, 0.6) is 0 Å². The molecule has 0 unspecified atom stereocenters. The standard InChI is InChI=1S/C10H18N2O4/c1-3-16-10(15)12-6-4-11(5-7-12)8(2)9(13)14/h8H,3-7H2,1-2H3,(H,13,14)/t8-/m0/s1. The summed E-state index contributed by atoms with van der Waals surface area (Å²) in [5.41, 5.74) is 0. The number of carboxylic acids is 1. The molecule has 6 nitrogen and oxygen atoms in total. The molecule has 0 aromatic rings. The van der Waals surface area contributed by atoms with Gasteiger partial charge >= 0.3 is 12.1 Å². The normalized spacial score (nSPS) is 19.2. The lowest BCUT2D eigenvalue weighted by atomic mass is 10.2. The first-order valence-corrected chi connectivity index (χ1v) is 5.44. The summed E-state index contributed by atoms with van der Waals surface area (Å²) in [6, 6.07) is -0.496. The highest BCUT2D eigenvalue weighted by atomic mass is 16.6. The molecule has 0 saturated carbocycles. The molecule has 1 aliphatic rings. The summed E-state index contributed by atoms with van der Waals surface area (Å²) in [7, 11) is 0. The van der Waals surface area contributed by atoms with Crippen LogP contribution in [0.2, 0.25) is 0 Å². The van der Waals surface area contributed by atoms with E-state index in [1.165, 1.54) is 0 Å². The van der Waals surface area contributed by atoms with E-state index in [4.69, 9.17) is 9.84 Å². The number of rotatable bonds is 3. The van der Waals surface area contributed by atoms with Crippen LogP contribution in [-0.2, 0) is 9.53 Å². The molecule has 0 aromatic heterocycles. The highest BCUT2D eigenvalue weighted by Gasteiger charge is 2.27. The van der Waals surface area contributed by atoms with E-state index in [0.717, 1.165) is 0 Å². The van der Waals surface area contributed by atoms with Crippen LogP contribution in [-0.4, -0.2) is 65.8 Å². The van der Waals surface area contributed by atoms with Gasteiger partial charge in [-0.15, -0.1) is 0 Å². The van der Waals surface area contributed by atoms with E-state index < -0.39 is 12.0 Å². The van der Waals surface area contributed by atoms with E-state index in [0.29, 0.717) is 32.8 Å². The lowest BCUT2D eigenvalue weighted by Gasteiger charge is -2.35. The molecule has 0 radical (unpaired) electrons. The van der Waals surface area contributed by atoms with Crippen molar-refractivity contribution in [2.45, 2.75) is 19.9 Å². The van der Waals surface area contributed by atoms with Crippen molar-refractivity contribution in [3.63, 3.8) is 0 Å². The van der Waals surface area contributed by atoms with Gasteiger partial charge in [0.05, 0.1) is 6.61 Å². The van der Waals surface area contributed by atoms with Crippen molar-refractivity contribution in [2.75, 3.05) is 32.8 Å². The Kier molecular flexibility index (Phi) is 4.54. The molecule has 1 saturated heterocycles. The summed E-state index contributed by atoms with van der Waals surface area (Å²) in [6.45, 7) is 5.99. The number of hydrogen-bond donors (Lipinski definition) is 1. The first kappa shape index (κ1) is 12.8. The van der Waals surface area contributed by atoms with Gasteiger partial charge in [0.1, 0.15) is 6.04 Å². The molecule has 1 N–H and O–H groups in total. The summed E-state index contributed by atoms with van der Waals surface area (Å²) >= 11 is 0. The Bertz CT molecular complexity index is 262. The smallest absolute Gasteiger partial charge is 0.409 e. The Morgan fingerprint density at radius 2 is 1.88 bits per heavy atom. The topological polar surface area (TPSA) is 70.1 Å². The largest absolute Gasteiger partial charge is 0.480 e. The highest BCUT2D eigenvalue weighted by molar-refractivity contribution is 5.73. The van der Waals surface area contributed by atoms with Gasteiger partial charge in [-0.3, -0.25) is 9.69 Å². The number of carbonyl (C=O) groups excluding carboxylic acids is 1. The van der Waals surface area contributed by atoms with E-state index in [9.17, 15) is 9.59 Å². The molecule has 1 amide bonds. The van der Waals surface area contributed by atoms with Gasteiger partial charge in [-0.1, -0.05) is 0 Å². The minimum absolute atomic E-state index is 0.315. The third-order valence-electron chi connectivity index (χ3n) is 2.75. The van der Waals surface area contributed by atoms with Crippen molar-refractivity contribution >= 4 is 12.1 Å². The summed E-state index contributed by atoms with van der Waals surface area (Å²) in [5, 5.41) is 8.85. The molecule has 0 aliphatic carbocycles. The molecular formula is C10H18N2O4. The first-order valence-electron chi connectivity index (χ1n) is 5.44. The zero-order valence-corrected chi connectivity index (χ0v) is 9.68. The first-order chi connectivity index (χ1) is 7.56. The van der Waals surface area contributed by atoms with Crippen molar-refractivity contribution < 1.29 is 19.4 Å². The van der Waals surface area contributed by atoms with Gasteiger partial charge in [0.25, 0.3) is 0 Å². The number of hydrogen-bond acceptors (Lipinski definition) is 4. The van der Waals surface area contributed by atoms with Crippen LogP contribution >= 0.6 is 0 Å². The Morgan fingerprint density at radius 1 is 1.31 bits per heavy atom. The molecule has 1 aliphatic heterocycles. The van der Waals surface area contributed by atoms with Gasteiger partial charge in [-0.05, 0) is 13.8 Å². The average molecular weight is 230 g/mol. The third-order valence-corrected chi connectivity index (χ3v) is 2.75. The molecule has 1 fully saturated rings. The molecule has 1 heterocycles. The maximum atomic E-state index is 11.4. The van der Waals surface area contributed by atoms with E-state index in [1.807, 2.05) is 4.90 Å². The number of amides is 1. The minimum Gasteiger partial charge on any atom is -0.480 e. The van der Waals surface area contributed by atoms with Gasteiger partial charge in [-0.25, -0.2) is 4.79 Å². The molecule has 0 aromatic carbocycles. The van der Waals surface area contributed by atoms with Crippen LogP contribution in [0, 0.1) is 0 Å². The van der Waals surface area contributed by atoms with Crippen LogP contribution in [0.4, 0.5) is 4.79 Å². The zero-order chi connectivity index (χ0) is 12.1. The SMILES string of the molecule is CCOC(=O)N1CCN([C@@H](C)C(=O)O)CC1. The molecule has 1 rings (SSSR count). The maximum Gasteiger partial charge on any atom is 0.409 e. The summed E-state index contributed by atoms with van der Waals surface area (Å²) in [6.07, 6.45) is -0.315. The van der Waals surface area contributed by atoms with E-state index in [2.05, 4.69) is 0 Å². The Morgan fingerprint density at radius 3 is 2.31 bits per heavy atom. The number of ether oxygens (including phenoxy) is 1. The third kappa shape index (κ3) is 3.10. The van der Waals surface area contributed by atoms with Gasteiger partial charge in [0.2, 0.25) is 0 Å². The summed E-state index contributed by atoms with van der Waals surface area (Å²) in [4.78, 5) is 25.6. The second-order valence-electron chi connectivity index (χ2n) is 3.74. The quantitative estimate of drug-likeness (QED) is 0.751. The number of carboxylic acid groups (broad SMARTS) is 1. The fourth-order valence-corrected chi connectivity index (χ4v) is 1.66. The molecule has 16 heavy (non-hydrogen) atoms. The Hall–Kier alpha value is -1.30. The van der Waals surface area contributed by atoms with Gasteiger partial charge in [0.15, 0.2) is 0 Å². The van der Waals surface area contributed by atoms with Crippen LogP contribution in [0.15, 0.2) is 0 Å². The minimum atomic E-state index is -0.829.